The molecule has 168 valence electrons. The van der Waals surface area contributed by atoms with Crippen LogP contribution in [-0.4, -0.2) is 10.5 Å². The second-order valence-corrected chi connectivity index (χ2v) is 13.3. The maximum atomic E-state index is 6.38. The fraction of sp³-hybridized carbons (Fsp3) is 0.200. The molecule has 1 saturated carbocycles. The van der Waals surface area contributed by atoms with Crippen LogP contribution in [0.25, 0.3) is 0 Å². The number of hydrogen-bond donors (Lipinski definition) is 0. The van der Waals surface area contributed by atoms with Gasteiger partial charge in [0.25, 0.3) is 0 Å². The highest BCUT2D eigenvalue weighted by atomic mass is 32.2. The zero-order chi connectivity index (χ0) is 22.5. The predicted molar refractivity (Wildman–Crippen MR) is 140 cm³/mol. The van der Waals surface area contributed by atoms with Crippen LogP contribution < -0.4 is 9.47 Å². The van der Waals surface area contributed by atoms with E-state index < -0.39 is 0 Å². The molecular weight excluding hydrogens is 456 g/mol. The second-order valence-electron chi connectivity index (χ2n) is 9.03. The van der Waals surface area contributed by atoms with E-state index in [2.05, 4.69) is 97.1 Å². The lowest BCUT2D eigenvalue weighted by Gasteiger charge is -2.33. The molecule has 2 atom stereocenters. The molecule has 0 saturated heterocycles. The van der Waals surface area contributed by atoms with E-state index in [9.17, 15) is 0 Å². The lowest BCUT2D eigenvalue weighted by molar-refractivity contribution is 0.445. The van der Waals surface area contributed by atoms with Gasteiger partial charge in [0.15, 0.2) is 33.5 Å². The molecule has 0 aromatic heterocycles. The van der Waals surface area contributed by atoms with Gasteiger partial charge in [-0.25, -0.2) is 0 Å². The Morgan fingerprint density at radius 3 is 1.06 bits per heavy atom. The first kappa shape index (κ1) is 20.5. The molecule has 2 unspecified atom stereocenters. The van der Waals surface area contributed by atoms with E-state index in [-0.39, 0.29) is 21.8 Å². The SMILES string of the molecule is c1ccc2c(c1)Oc1ccccc1[S+]2C1CCCCC1[S+]1c2ccccc2Oc2ccccc21. The van der Waals surface area contributed by atoms with E-state index in [1.54, 1.807) is 0 Å². The monoisotopic (exact) mass is 482 g/mol. The van der Waals surface area contributed by atoms with Crippen LogP contribution in [0.1, 0.15) is 25.7 Å². The van der Waals surface area contributed by atoms with Crippen molar-refractivity contribution in [2.24, 2.45) is 0 Å². The van der Waals surface area contributed by atoms with Crippen LogP contribution in [0, 0.1) is 0 Å². The zero-order valence-corrected chi connectivity index (χ0v) is 20.5. The van der Waals surface area contributed by atoms with E-state index in [1.807, 2.05) is 0 Å². The quantitative estimate of drug-likeness (QED) is 0.270. The lowest BCUT2D eigenvalue weighted by atomic mass is 10.00. The van der Waals surface area contributed by atoms with Crippen LogP contribution in [0.5, 0.6) is 23.0 Å². The summed E-state index contributed by atoms with van der Waals surface area (Å²) < 4.78 is 12.8. The number of para-hydroxylation sites is 4. The third-order valence-electron chi connectivity index (χ3n) is 7.03. The first-order valence-electron chi connectivity index (χ1n) is 12.1. The van der Waals surface area contributed by atoms with Gasteiger partial charge in [-0.15, -0.1) is 0 Å². The van der Waals surface area contributed by atoms with Crippen LogP contribution in [0.3, 0.4) is 0 Å². The molecule has 0 radical (unpaired) electrons. The highest BCUT2D eigenvalue weighted by Crippen LogP contribution is 2.53. The zero-order valence-electron chi connectivity index (χ0n) is 18.9. The third kappa shape index (κ3) is 3.27. The van der Waals surface area contributed by atoms with Gasteiger partial charge >= 0.3 is 0 Å². The first-order valence-corrected chi connectivity index (χ1v) is 14.6. The molecule has 3 aliphatic rings. The number of rotatable bonds is 2. The molecule has 2 nitrogen and oxygen atoms in total. The van der Waals surface area contributed by atoms with E-state index in [1.165, 1.54) is 45.3 Å². The average Bonchev–Trinajstić information content (AvgIpc) is 2.90. The van der Waals surface area contributed by atoms with Crippen molar-refractivity contribution in [2.75, 3.05) is 0 Å². The standard InChI is InChI=1S/C30H26O2S2/c1-5-15-25-21(11-1)31-22-12-2-6-16-26(22)33(25)29-19-9-10-20-30(29)34-27-17-7-3-13-23(27)32-24-14-4-8-18-28(24)34/h1-8,11-18,29-30H,9-10,19-20H2/q+2. The van der Waals surface area contributed by atoms with Gasteiger partial charge in [-0.2, -0.15) is 0 Å². The van der Waals surface area contributed by atoms with Crippen LogP contribution in [0.2, 0.25) is 0 Å². The van der Waals surface area contributed by atoms with Crippen molar-refractivity contribution in [1.82, 2.24) is 0 Å². The Kier molecular flexibility index (Phi) is 5.10. The summed E-state index contributed by atoms with van der Waals surface area (Å²) in [5.74, 6) is 4.13. The molecule has 34 heavy (non-hydrogen) atoms. The molecule has 2 aliphatic heterocycles. The molecule has 0 N–H and O–H groups in total. The van der Waals surface area contributed by atoms with Crippen molar-refractivity contribution < 1.29 is 9.47 Å². The van der Waals surface area contributed by atoms with Gasteiger partial charge in [-0.3, -0.25) is 0 Å². The summed E-state index contributed by atoms with van der Waals surface area (Å²) in [6, 6.07) is 34.9. The molecule has 4 aromatic carbocycles. The van der Waals surface area contributed by atoms with Gasteiger partial charge in [0, 0.05) is 12.8 Å². The number of benzene rings is 4. The Bertz CT molecular complexity index is 1170. The van der Waals surface area contributed by atoms with Gasteiger partial charge in [0.2, 0.25) is 19.6 Å². The van der Waals surface area contributed by atoms with Gasteiger partial charge < -0.3 is 9.47 Å². The summed E-state index contributed by atoms with van der Waals surface area (Å²) in [6.45, 7) is 0. The molecule has 0 amide bonds. The highest BCUT2D eigenvalue weighted by molar-refractivity contribution is 8.01. The summed E-state index contributed by atoms with van der Waals surface area (Å²) in [4.78, 5) is 5.49. The van der Waals surface area contributed by atoms with Gasteiger partial charge in [0.05, 0.1) is 21.8 Å². The van der Waals surface area contributed by atoms with E-state index >= 15 is 0 Å². The minimum absolute atomic E-state index is 0.0252. The van der Waals surface area contributed by atoms with E-state index in [0.29, 0.717) is 10.5 Å². The summed E-state index contributed by atoms with van der Waals surface area (Å²) in [6.07, 6.45) is 5.11. The molecule has 1 aliphatic carbocycles. The van der Waals surface area contributed by atoms with Gasteiger partial charge in [0.1, 0.15) is 0 Å². The smallest absolute Gasteiger partial charge is 0.203 e. The first-order chi connectivity index (χ1) is 16.9. The molecule has 1 fully saturated rings. The van der Waals surface area contributed by atoms with Gasteiger partial charge in [-0.1, -0.05) is 48.5 Å². The Balaban J connectivity index is 1.40. The Morgan fingerprint density at radius 1 is 0.441 bits per heavy atom. The van der Waals surface area contributed by atoms with Crippen LogP contribution in [0.15, 0.2) is 117 Å². The average molecular weight is 483 g/mol. The topological polar surface area (TPSA) is 18.5 Å². The largest absolute Gasteiger partial charge is 0.447 e. The van der Waals surface area contributed by atoms with Crippen LogP contribution >= 0.6 is 0 Å². The van der Waals surface area contributed by atoms with Crippen LogP contribution in [0.4, 0.5) is 0 Å². The molecular formula is C30H26O2S2+2. The summed E-state index contributed by atoms with van der Waals surface area (Å²) in [7, 11) is -0.0504. The van der Waals surface area contributed by atoms with Crippen molar-refractivity contribution in [2.45, 2.75) is 55.8 Å². The number of ether oxygens (including phenoxy) is 2. The normalized spacial score (nSPS) is 21.3. The second kappa shape index (κ2) is 8.44. The number of hydrogen-bond acceptors (Lipinski definition) is 2. The van der Waals surface area contributed by atoms with Crippen LogP contribution in [-0.2, 0) is 21.8 Å². The predicted octanol–water partition coefficient (Wildman–Crippen LogP) is 7.98. The Hall–Kier alpha value is -2.82. The maximum absolute atomic E-state index is 6.38. The van der Waals surface area contributed by atoms with E-state index in [0.717, 1.165) is 23.0 Å². The summed E-state index contributed by atoms with van der Waals surface area (Å²) in [5.41, 5.74) is 0. The molecule has 4 aromatic rings. The fourth-order valence-corrected chi connectivity index (χ4v) is 11.9. The van der Waals surface area contributed by atoms with E-state index in [4.69, 9.17) is 9.47 Å². The van der Waals surface area contributed by atoms with Crippen molar-refractivity contribution in [3.63, 3.8) is 0 Å². The summed E-state index contributed by atoms with van der Waals surface area (Å²) >= 11 is 0. The van der Waals surface area contributed by atoms with Crippen molar-refractivity contribution in [1.29, 1.82) is 0 Å². The fourth-order valence-electron chi connectivity index (χ4n) is 5.59. The minimum atomic E-state index is -0.0252. The molecule has 2 heterocycles. The molecule has 0 bridgehead atoms. The molecule has 4 heteroatoms. The lowest BCUT2D eigenvalue weighted by Crippen LogP contribution is -2.43. The molecule has 0 spiro atoms. The van der Waals surface area contributed by atoms with Gasteiger partial charge in [-0.05, 0) is 61.4 Å². The third-order valence-corrected chi connectivity index (χ3v) is 12.8. The molecule has 7 rings (SSSR count). The Morgan fingerprint density at radius 2 is 0.735 bits per heavy atom. The number of fused-ring (bicyclic) bond motifs is 4. The maximum Gasteiger partial charge on any atom is 0.203 e. The summed E-state index contributed by atoms with van der Waals surface area (Å²) in [5, 5.41) is 1.14. The minimum Gasteiger partial charge on any atom is -0.447 e. The van der Waals surface area contributed by atoms with Crippen molar-refractivity contribution in [3.05, 3.63) is 97.1 Å². The Labute approximate surface area is 206 Å². The van der Waals surface area contributed by atoms with Crippen molar-refractivity contribution in [3.8, 4) is 23.0 Å². The highest BCUT2D eigenvalue weighted by Gasteiger charge is 2.56. The van der Waals surface area contributed by atoms with Crippen molar-refractivity contribution >= 4 is 21.8 Å².